The molecule has 3 heterocycles. The number of rotatable bonds is 3. The van der Waals surface area contributed by atoms with Gasteiger partial charge in [-0.05, 0) is 38.3 Å². The van der Waals surface area contributed by atoms with Gasteiger partial charge in [-0.1, -0.05) is 0 Å². The van der Waals surface area contributed by atoms with E-state index in [1.54, 1.807) is 0 Å². The molecule has 4 heteroatoms. The van der Waals surface area contributed by atoms with E-state index in [1.807, 2.05) is 0 Å². The molecule has 3 N–H and O–H groups in total. The summed E-state index contributed by atoms with van der Waals surface area (Å²) in [5, 5.41) is 8.64. The molecule has 0 saturated carbocycles. The Morgan fingerprint density at radius 1 is 1.43 bits per heavy atom. The molecule has 2 bridgehead atoms. The van der Waals surface area contributed by atoms with Gasteiger partial charge in [0.05, 0.1) is 0 Å². The smallest absolute Gasteiger partial charge is 0.303 e. The van der Waals surface area contributed by atoms with Crippen LogP contribution in [-0.2, 0) is 4.79 Å². The Bertz CT molecular complexity index is 222. The zero-order chi connectivity index (χ0) is 10.1. The summed E-state index contributed by atoms with van der Waals surface area (Å²) in [6.45, 7) is 2.23. The lowest BCUT2D eigenvalue weighted by atomic mass is 9.78. The van der Waals surface area contributed by atoms with Gasteiger partial charge in [0.2, 0.25) is 0 Å². The molecule has 3 rings (SSSR count). The third-order valence-corrected chi connectivity index (χ3v) is 3.69. The van der Waals surface area contributed by atoms with E-state index in [0.717, 1.165) is 13.1 Å². The van der Waals surface area contributed by atoms with Gasteiger partial charge in [-0.2, -0.15) is 0 Å². The quantitative estimate of drug-likeness (QED) is 0.683. The Labute approximate surface area is 84.1 Å². The second-order valence-electron chi connectivity index (χ2n) is 4.45. The van der Waals surface area contributed by atoms with Crippen LogP contribution in [0.25, 0.3) is 0 Å². The Morgan fingerprint density at radius 3 is 2.57 bits per heavy atom. The van der Waals surface area contributed by atoms with Gasteiger partial charge >= 0.3 is 5.97 Å². The minimum atomic E-state index is -0.708. The fourth-order valence-electron chi connectivity index (χ4n) is 2.84. The van der Waals surface area contributed by atoms with Crippen molar-refractivity contribution in [2.75, 3.05) is 13.1 Å². The summed E-state index contributed by atoms with van der Waals surface area (Å²) < 4.78 is 0. The molecule has 80 valence electrons. The number of carboxylic acids is 1. The van der Waals surface area contributed by atoms with Crippen molar-refractivity contribution in [3.8, 4) is 0 Å². The van der Waals surface area contributed by atoms with Crippen molar-refractivity contribution in [1.29, 1.82) is 0 Å². The zero-order valence-electron chi connectivity index (χ0n) is 8.35. The molecule has 3 fully saturated rings. The third kappa shape index (κ3) is 1.77. The van der Waals surface area contributed by atoms with Crippen molar-refractivity contribution in [3.63, 3.8) is 0 Å². The molecule has 14 heavy (non-hydrogen) atoms. The van der Waals surface area contributed by atoms with Crippen LogP contribution in [0.4, 0.5) is 0 Å². The average molecular weight is 198 g/mol. The molecule has 3 saturated heterocycles. The second kappa shape index (κ2) is 3.87. The van der Waals surface area contributed by atoms with Gasteiger partial charge in [-0.3, -0.25) is 9.69 Å². The van der Waals surface area contributed by atoms with E-state index in [0.29, 0.717) is 18.4 Å². The van der Waals surface area contributed by atoms with Gasteiger partial charge < -0.3 is 10.8 Å². The Kier molecular flexibility index (Phi) is 2.74. The summed E-state index contributed by atoms with van der Waals surface area (Å²) in [4.78, 5) is 12.9. The number of nitrogens with two attached hydrogens (primary N) is 1. The number of carbonyl (C=O) groups is 1. The van der Waals surface area contributed by atoms with Gasteiger partial charge in [0.1, 0.15) is 0 Å². The van der Waals surface area contributed by atoms with E-state index in [9.17, 15) is 4.79 Å². The van der Waals surface area contributed by atoms with Crippen molar-refractivity contribution in [1.82, 2.24) is 4.90 Å². The minimum Gasteiger partial charge on any atom is -0.481 e. The van der Waals surface area contributed by atoms with E-state index in [2.05, 4.69) is 4.90 Å². The zero-order valence-corrected chi connectivity index (χ0v) is 8.35. The number of nitrogens with zero attached hydrogens (tertiary/aromatic N) is 1. The first-order valence-electron chi connectivity index (χ1n) is 5.40. The highest BCUT2D eigenvalue weighted by molar-refractivity contribution is 5.66. The first-order chi connectivity index (χ1) is 6.68. The highest BCUT2D eigenvalue weighted by atomic mass is 16.4. The first-order valence-corrected chi connectivity index (χ1v) is 5.40. The SMILES string of the molecule is NC1C2CCN(CC2)[C@@H]1CCC(=O)O. The van der Waals surface area contributed by atoms with E-state index in [1.165, 1.54) is 12.8 Å². The lowest BCUT2D eigenvalue weighted by molar-refractivity contribution is -0.137. The molecule has 2 atom stereocenters. The van der Waals surface area contributed by atoms with Gasteiger partial charge in [-0.15, -0.1) is 0 Å². The molecule has 0 aromatic carbocycles. The lowest BCUT2D eigenvalue weighted by Crippen LogP contribution is -2.61. The Balaban J connectivity index is 1.93. The number of hydrogen-bond donors (Lipinski definition) is 2. The fourth-order valence-corrected chi connectivity index (χ4v) is 2.84. The summed E-state index contributed by atoms with van der Waals surface area (Å²) in [5.74, 6) is -0.0707. The van der Waals surface area contributed by atoms with Gasteiger partial charge in [0.25, 0.3) is 0 Å². The normalized spacial score (nSPS) is 41.2. The van der Waals surface area contributed by atoms with Crippen molar-refractivity contribution in [2.45, 2.75) is 37.8 Å². The van der Waals surface area contributed by atoms with Gasteiger partial charge in [-0.25, -0.2) is 0 Å². The van der Waals surface area contributed by atoms with E-state index in [-0.39, 0.29) is 12.5 Å². The highest BCUT2D eigenvalue weighted by Crippen LogP contribution is 2.32. The summed E-state index contributed by atoms with van der Waals surface area (Å²) >= 11 is 0. The van der Waals surface area contributed by atoms with Crippen LogP contribution in [0.5, 0.6) is 0 Å². The van der Waals surface area contributed by atoms with Gasteiger partial charge in [0, 0.05) is 18.5 Å². The Hall–Kier alpha value is -0.610. The highest BCUT2D eigenvalue weighted by Gasteiger charge is 2.39. The van der Waals surface area contributed by atoms with Crippen LogP contribution in [0.1, 0.15) is 25.7 Å². The van der Waals surface area contributed by atoms with Crippen LogP contribution in [0.2, 0.25) is 0 Å². The molecule has 0 radical (unpaired) electrons. The number of piperidine rings is 3. The monoisotopic (exact) mass is 198 g/mol. The van der Waals surface area contributed by atoms with E-state index in [4.69, 9.17) is 10.8 Å². The molecule has 1 unspecified atom stereocenters. The molecule has 0 aromatic rings. The summed E-state index contributed by atoms with van der Waals surface area (Å²) in [7, 11) is 0. The van der Waals surface area contributed by atoms with Crippen LogP contribution in [0, 0.1) is 5.92 Å². The lowest BCUT2D eigenvalue weighted by Gasteiger charge is -2.49. The molecule has 0 aromatic heterocycles. The van der Waals surface area contributed by atoms with Crippen molar-refractivity contribution in [3.05, 3.63) is 0 Å². The maximum Gasteiger partial charge on any atom is 0.303 e. The molecular formula is C10H18N2O2. The predicted molar refractivity (Wildman–Crippen MR) is 52.9 cm³/mol. The van der Waals surface area contributed by atoms with Crippen molar-refractivity contribution >= 4 is 5.97 Å². The van der Waals surface area contributed by atoms with Crippen LogP contribution in [-0.4, -0.2) is 41.1 Å². The first kappa shape index (κ1) is 9.93. The van der Waals surface area contributed by atoms with Crippen molar-refractivity contribution in [2.24, 2.45) is 11.7 Å². The number of hydrogen-bond acceptors (Lipinski definition) is 3. The standard InChI is InChI=1S/C10H18N2O2/c11-10-7-3-5-12(6-4-7)8(10)1-2-9(13)14/h7-8,10H,1-6,11H2,(H,13,14)/t8-,10?/m1/s1. The van der Waals surface area contributed by atoms with Crippen LogP contribution in [0.15, 0.2) is 0 Å². The summed E-state index contributed by atoms with van der Waals surface area (Å²) in [6, 6.07) is 0.524. The molecule has 0 amide bonds. The molecular weight excluding hydrogens is 180 g/mol. The number of carboxylic acid groups (broad SMARTS) is 1. The predicted octanol–water partition coefficient (Wildman–Crippen LogP) is 0.273. The maximum atomic E-state index is 10.5. The fraction of sp³-hybridized carbons (Fsp3) is 0.900. The van der Waals surface area contributed by atoms with Crippen molar-refractivity contribution < 1.29 is 9.90 Å². The van der Waals surface area contributed by atoms with E-state index < -0.39 is 5.97 Å². The minimum absolute atomic E-state index is 0.205. The van der Waals surface area contributed by atoms with Crippen LogP contribution < -0.4 is 5.73 Å². The average Bonchev–Trinajstić information content (AvgIpc) is 2.18. The Morgan fingerprint density at radius 2 is 2.07 bits per heavy atom. The second-order valence-corrected chi connectivity index (χ2v) is 4.45. The third-order valence-electron chi connectivity index (χ3n) is 3.69. The van der Waals surface area contributed by atoms with Crippen LogP contribution >= 0.6 is 0 Å². The molecule has 4 nitrogen and oxygen atoms in total. The number of aliphatic carboxylic acids is 1. The summed E-state index contributed by atoms with van der Waals surface area (Å²) in [6.07, 6.45) is 3.37. The molecule has 3 aliphatic heterocycles. The topological polar surface area (TPSA) is 66.6 Å². The largest absolute Gasteiger partial charge is 0.481 e. The molecule has 3 aliphatic rings. The molecule has 0 aliphatic carbocycles. The maximum absolute atomic E-state index is 10.5. The van der Waals surface area contributed by atoms with Crippen LogP contribution in [0.3, 0.4) is 0 Å². The van der Waals surface area contributed by atoms with Gasteiger partial charge in [0.15, 0.2) is 0 Å². The summed E-state index contributed by atoms with van der Waals surface area (Å²) in [5.41, 5.74) is 6.12. The number of fused-ring (bicyclic) bond motifs is 3. The molecule has 0 spiro atoms. The van der Waals surface area contributed by atoms with E-state index >= 15 is 0 Å².